The van der Waals surface area contributed by atoms with Crippen LogP contribution in [0.1, 0.15) is 18.4 Å². The molecule has 0 spiro atoms. The second-order valence-electron chi connectivity index (χ2n) is 7.15. The number of rotatable bonds is 5. The Bertz CT molecular complexity index is 1070. The molecule has 3 rings (SSSR count). The van der Waals surface area contributed by atoms with Crippen molar-refractivity contribution in [3.8, 4) is 5.75 Å². The fourth-order valence-electron chi connectivity index (χ4n) is 3.30. The highest BCUT2D eigenvalue weighted by Gasteiger charge is 2.34. The molecule has 0 saturated carbocycles. The SMILES string of the molecule is Cc1ccc(Cl)cc1NC(=O)C1CCN(S(=O)(=O)c2cccc(OC(F)(F)F)c2)CC1. The minimum Gasteiger partial charge on any atom is -0.406 e. The number of halogens is 4. The third kappa shape index (κ3) is 5.90. The lowest BCUT2D eigenvalue weighted by Crippen LogP contribution is -2.41. The Kier molecular flexibility index (Phi) is 6.82. The molecule has 1 amide bonds. The monoisotopic (exact) mass is 476 g/mol. The number of sulfonamides is 1. The summed E-state index contributed by atoms with van der Waals surface area (Å²) in [6.45, 7) is 1.97. The average molecular weight is 477 g/mol. The molecule has 11 heteroatoms. The maximum atomic E-state index is 12.8. The van der Waals surface area contributed by atoms with Gasteiger partial charge in [0.1, 0.15) is 5.75 Å². The van der Waals surface area contributed by atoms with E-state index in [1.165, 1.54) is 12.1 Å². The second kappa shape index (κ2) is 9.05. The number of hydrogen-bond acceptors (Lipinski definition) is 4. The molecule has 1 N–H and O–H groups in total. The largest absolute Gasteiger partial charge is 0.573 e. The topological polar surface area (TPSA) is 75.7 Å². The molecule has 1 aliphatic heterocycles. The Morgan fingerprint density at radius 3 is 2.48 bits per heavy atom. The number of amides is 1. The van der Waals surface area contributed by atoms with E-state index >= 15 is 0 Å². The number of anilines is 1. The number of piperidine rings is 1. The summed E-state index contributed by atoms with van der Waals surface area (Å²) in [4.78, 5) is 12.3. The Morgan fingerprint density at radius 1 is 1.16 bits per heavy atom. The van der Waals surface area contributed by atoms with Crippen molar-refractivity contribution in [1.29, 1.82) is 0 Å². The number of aryl methyl sites for hydroxylation is 1. The minimum absolute atomic E-state index is 0.0688. The van der Waals surface area contributed by atoms with Gasteiger partial charge in [0.05, 0.1) is 4.90 Å². The van der Waals surface area contributed by atoms with Gasteiger partial charge in [0, 0.05) is 35.8 Å². The second-order valence-corrected chi connectivity index (χ2v) is 9.52. The summed E-state index contributed by atoms with van der Waals surface area (Å²) in [5.41, 5.74) is 1.44. The van der Waals surface area contributed by atoms with Crippen molar-refractivity contribution in [2.24, 2.45) is 5.92 Å². The molecule has 168 valence electrons. The first-order valence-electron chi connectivity index (χ1n) is 9.39. The standard InChI is InChI=1S/C20H20ClF3N2O4S/c1-13-5-6-15(21)11-18(13)25-19(27)14-7-9-26(10-8-14)31(28,29)17-4-2-3-16(12-17)30-20(22,23)24/h2-6,11-12,14H,7-10H2,1H3,(H,25,27). The fraction of sp³-hybridized carbons (Fsp3) is 0.350. The van der Waals surface area contributed by atoms with Crippen molar-refractivity contribution in [1.82, 2.24) is 4.31 Å². The van der Waals surface area contributed by atoms with Crippen molar-refractivity contribution < 1.29 is 31.1 Å². The molecule has 2 aromatic carbocycles. The van der Waals surface area contributed by atoms with E-state index in [0.29, 0.717) is 10.7 Å². The number of alkyl halides is 3. The van der Waals surface area contributed by atoms with Gasteiger partial charge >= 0.3 is 6.36 Å². The molecule has 0 radical (unpaired) electrons. The lowest BCUT2D eigenvalue weighted by molar-refractivity contribution is -0.274. The van der Waals surface area contributed by atoms with E-state index in [2.05, 4.69) is 10.1 Å². The smallest absolute Gasteiger partial charge is 0.406 e. The van der Waals surface area contributed by atoms with Gasteiger partial charge in [-0.15, -0.1) is 13.2 Å². The van der Waals surface area contributed by atoms with Crippen molar-refractivity contribution in [3.63, 3.8) is 0 Å². The molecule has 31 heavy (non-hydrogen) atoms. The number of carbonyl (C=O) groups is 1. The maximum absolute atomic E-state index is 12.8. The van der Waals surface area contributed by atoms with Crippen LogP contribution in [0.25, 0.3) is 0 Å². The molecule has 0 unspecified atom stereocenters. The van der Waals surface area contributed by atoms with Gasteiger partial charge in [-0.1, -0.05) is 23.7 Å². The highest BCUT2D eigenvalue weighted by molar-refractivity contribution is 7.89. The third-order valence-electron chi connectivity index (χ3n) is 4.96. The molecular weight excluding hydrogens is 457 g/mol. The minimum atomic E-state index is -4.92. The zero-order valence-electron chi connectivity index (χ0n) is 16.4. The number of benzene rings is 2. The quantitative estimate of drug-likeness (QED) is 0.685. The Labute approximate surface area is 183 Å². The van der Waals surface area contributed by atoms with Gasteiger partial charge in [0.25, 0.3) is 0 Å². The van der Waals surface area contributed by atoms with Crippen LogP contribution in [0.4, 0.5) is 18.9 Å². The molecule has 1 fully saturated rings. The van der Waals surface area contributed by atoms with Crippen molar-refractivity contribution in [3.05, 3.63) is 53.1 Å². The predicted molar refractivity (Wildman–Crippen MR) is 109 cm³/mol. The first-order chi connectivity index (χ1) is 14.5. The number of nitrogens with one attached hydrogen (secondary N) is 1. The summed E-state index contributed by atoms with van der Waals surface area (Å²) in [7, 11) is -4.02. The van der Waals surface area contributed by atoms with Crippen molar-refractivity contribution in [2.45, 2.75) is 31.0 Å². The number of hydrogen-bond donors (Lipinski definition) is 1. The number of ether oxygens (including phenoxy) is 1. The van der Waals surface area contributed by atoms with Crippen LogP contribution < -0.4 is 10.1 Å². The Morgan fingerprint density at radius 2 is 1.84 bits per heavy atom. The van der Waals surface area contributed by atoms with Gasteiger partial charge in [-0.3, -0.25) is 4.79 Å². The van der Waals surface area contributed by atoms with E-state index < -0.39 is 28.1 Å². The van der Waals surface area contributed by atoms with E-state index in [4.69, 9.17) is 11.6 Å². The van der Waals surface area contributed by atoms with E-state index in [-0.39, 0.29) is 36.7 Å². The van der Waals surface area contributed by atoms with E-state index in [1.807, 2.05) is 6.92 Å². The van der Waals surface area contributed by atoms with Crippen LogP contribution in [0.15, 0.2) is 47.4 Å². The van der Waals surface area contributed by atoms with E-state index in [0.717, 1.165) is 22.0 Å². The third-order valence-corrected chi connectivity index (χ3v) is 7.09. The van der Waals surface area contributed by atoms with Crippen LogP contribution >= 0.6 is 11.6 Å². The zero-order valence-corrected chi connectivity index (χ0v) is 18.0. The average Bonchev–Trinajstić information content (AvgIpc) is 2.70. The summed E-state index contributed by atoms with van der Waals surface area (Å²) in [6, 6.07) is 9.39. The molecule has 2 aromatic rings. The normalized spacial score (nSPS) is 16.2. The summed E-state index contributed by atoms with van der Waals surface area (Å²) >= 11 is 5.96. The van der Waals surface area contributed by atoms with E-state index in [9.17, 15) is 26.4 Å². The maximum Gasteiger partial charge on any atom is 0.573 e. The van der Waals surface area contributed by atoms with Crippen LogP contribution in [0.2, 0.25) is 5.02 Å². The van der Waals surface area contributed by atoms with Crippen LogP contribution in [0.5, 0.6) is 5.75 Å². The van der Waals surface area contributed by atoms with Crippen LogP contribution in [-0.2, 0) is 14.8 Å². The summed E-state index contributed by atoms with van der Waals surface area (Å²) in [5.74, 6) is -1.24. The van der Waals surface area contributed by atoms with Crippen LogP contribution in [0.3, 0.4) is 0 Å². The molecular formula is C20H20ClF3N2O4S. The van der Waals surface area contributed by atoms with Gasteiger partial charge in [-0.2, -0.15) is 4.31 Å². The number of carbonyl (C=O) groups excluding carboxylic acids is 1. The van der Waals surface area contributed by atoms with Gasteiger partial charge in [-0.05, 0) is 49.6 Å². The summed E-state index contributed by atoms with van der Waals surface area (Å²) in [6.07, 6.45) is -4.36. The van der Waals surface area contributed by atoms with Gasteiger partial charge < -0.3 is 10.1 Å². The summed E-state index contributed by atoms with van der Waals surface area (Å²) in [5, 5.41) is 3.31. The van der Waals surface area contributed by atoms with E-state index in [1.54, 1.807) is 18.2 Å². The van der Waals surface area contributed by atoms with Crippen LogP contribution in [-0.4, -0.2) is 38.1 Å². The Hall–Kier alpha value is -2.30. The van der Waals surface area contributed by atoms with Crippen molar-refractivity contribution in [2.75, 3.05) is 18.4 Å². The first-order valence-corrected chi connectivity index (χ1v) is 11.2. The lowest BCUT2D eigenvalue weighted by atomic mass is 9.97. The highest BCUT2D eigenvalue weighted by Crippen LogP contribution is 2.29. The molecule has 0 aliphatic carbocycles. The van der Waals surface area contributed by atoms with Gasteiger partial charge in [0.2, 0.25) is 15.9 Å². The highest BCUT2D eigenvalue weighted by atomic mass is 35.5. The molecule has 1 aliphatic rings. The number of nitrogens with zero attached hydrogens (tertiary/aromatic N) is 1. The van der Waals surface area contributed by atoms with Crippen LogP contribution in [0, 0.1) is 12.8 Å². The lowest BCUT2D eigenvalue weighted by Gasteiger charge is -2.30. The molecule has 1 saturated heterocycles. The molecule has 0 aromatic heterocycles. The molecule has 6 nitrogen and oxygen atoms in total. The predicted octanol–water partition coefficient (Wildman–Crippen LogP) is 4.59. The first kappa shape index (κ1) is 23.4. The zero-order chi connectivity index (χ0) is 22.8. The fourth-order valence-corrected chi connectivity index (χ4v) is 4.98. The van der Waals surface area contributed by atoms with Crippen molar-refractivity contribution >= 4 is 33.2 Å². The van der Waals surface area contributed by atoms with Gasteiger partial charge in [0.15, 0.2) is 0 Å². The summed E-state index contributed by atoms with van der Waals surface area (Å²) < 4.78 is 67.9. The molecule has 1 heterocycles. The molecule has 0 atom stereocenters. The Balaban J connectivity index is 1.65. The van der Waals surface area contributed by atoms with Gasteiger partial charge in [-0.25, -0.2) is 8.42 Å². The molecule has 0 bridgehead atoms.